The number of piperidine rings is 1. The van der Waals surface area contributed by atoms with Crippen LogP contribution in [0.1, 0.15) is 48.7 Å². The molecule has 1 saturated carbocycles. The summed E-state index contributed by atoms with van der Waals surface area (Å²) in [4.78, 5) is 21.2. The molecule has 2 bridgehead atoms. The van der Waals surface area contributed by atoms with Crippen molar-refractivity contribution in [3.63, 3.8) is 0 Å². The van der Waals surface area contributed by atoms with Crippen LogP contribution in [0.25, 0.3) is 15.9 Å². The van der Waals surface area contributed by atoms with E-state index in [-0.39, 0.29) is 17.4 Å². The molecule has 164 valence electrons. The van der Waals surface area contributed by atoms with Crippen molar-refractivity contribution in [3.8, 4) is 23.8 Å². The molecular weight excluding hydrogens is 425 g/mol. The summed E-state index contributed by atoms with van der Waals surface area (Å²) in [6.07, 6.45) is 9.21. The lowest BCUT2D eigenvalue weighted by atomic mass is 9.98. The van der Waals surface area contributed by atoms with Gasteiger partial charge in [-0.2, -0.15) is 0 Å². The average Bonchev–Trinajstić information content (AvgIpc) is 3.49. The Morgan fingerprint density at radius 3 is 2.72 bits per heavy atom. The maximum absolute atomic E-state index is 14.9. The number of nitrogens with zero attached hydrogens (tertiary/aromatic N) is 3. The number of alkyl halides is 1. The number of fused-ring (bicyclic) bond motifs is 3. The van der Waals surface area contributed by atoms with Crippen molar-refractivity contribution < 1.29 is 9.13 Å². The highest BCUT2D eigenvalue weighted by Gasteiger charge is 2.47. The SMILES string of the molecule is C#Cc1nc2cc(C3CC3)sc2c(=O)n1-c1ccc(OC2CC3CCC(C2F)N3C)cc1. The molecule has 32 heavy (non-hydrogen) atoms. The molecule has 4 unspecified atom stereocenters. The highest BCUT2D eigenvalue weighted by molar-refractivity contribution is 7.19. The fourth-order valence-electron chi connectivity index (χ4n) is 5.22. The molecule has 0 spiro atoms. The van der Waals surface area contributed by atoms with E-state index < -0.39 is 12.3 Å². The molecule has 3 aromatic rings. The van der Waals surface area contributed by atoms with Crippen LogP contribution in [0.4, 0.5) is 4.39 Å². The van der Waals surface area contributed by atoms with E-state index in [0.717, 1.165) is 12.8 Å². The largest absolute Gasteiger partial charge is 0.487 e. The first kappa shape index (κ1) is 20.0. The maximum Gasteiger partial charge on any atom is 0.276 e. The maximum atomic E-state index is 14.9. The van der Waals surface area contributed by atoms with Crippen LogP contribution in [0, 0.1) is 12.3 Å². The topological polar surface area (TPSA) is 47.4 Å². The van der Waals surface area contributed by atoms with Crippen molar-refractivity contribution >= 4 is 21.6 Å². The summed E-state index contributed by atoms with van der Waals surface area (Å²) in [5.74, 6) is 4.00. The van der Waals surface area contributed by atoms with Gasteiger partial charge in [0, 0.05) is 23.4 Å². The molecule has 7 heteroatoms. The molecular formula is C25H24FN3O2S. The van der Waals surface area contributed by atoms with Gasteiger partial charge in [-0.05, 0) is 74.9 Å². The quantitative estimate of drug-likeness (QED) is 0.559. The molecule has 2 aliphatic heterocycles. The molecule has 0 N–H and O–H groups in total. The molecule has 1 aromatic carbocycles. The average molecular weight is 450 g/mol. The molecule has 2 saturated heterocycles. The van der Waals surface area contributed by atoms with Crippen LogP contribution in [0.2, 0.25) is 0 Å². The van der Waals surface area contributed by atoms with Crippen LogP contribution in [0.5, 0.6) is 5.75 Å². The minimum atomic E-state index is -1.000. The van der Waals surface area contributed by atoms with Crippen molar-refractivity contribution in [2.75, 3.05) is 7.05 Å². The lowest BCUT2D eigenvalue weighted by molar-refractivity contribution is -0.0111. The summed E-state index contributed by atoms with van der Waals surface area (Å²) >= 11 is 1.52. The Morgan fingerprint density at radius 1 is 1.22 bits per heavy atom. The van der Waals surface area contributed by atoms with E-state index in [1.807, 2.05) is 13.1 Å². The summed E-state index contributed by atoms with van der Waals surface area (Å²) < 4.78 is 23.1. The third-order valence-electron chi connectivity index (χ3n) is 7.18. The number of benzene rings is 1. The van der Waals surface area contributed by atoms with Crippen molar-refractivity contribution in [2.24, 2.45) is 0 Å². The molecule has 3 fully saturated rings. The number of hydrogen-bond acceptors (Lipinski definition) is 5. The Labute approximate surface area is 189 Å². The van der Waals surface area contributed by atoms with Crippen molar-refractivity contribution in [1.29, 1.82) is 0 Å². The summed E-state index contributed by atoms with van der Waals surface area (Å²) in [5, 5.41) is 0. The first-order valence-electron chi connectivity index (χ1n) is 11.2. The highest BCUT2D eigenvalue weighted by atomic mass is 32.1. The van der Waals surface area contributed by atoms with E-state index in [9.17, 15) is 9.18 Å². The first-order chi connectivity index (χ1) is 15.5. The van der Waals surface area contributed by atoms with Gasteiger partial charge in [0.25, 0.3) is 5.56 Å². The minimum absolute atomic E-state index is 0.0566. The Morgan fingerprint density at radius 2 is 2.00 bits per heavy atom. The first-order valence-corrected chi connectivity index (χ1v) is 12.0. The fourth-order valence-corrected chi connectivity index (χ4v) is 6.42. The Kier molecular flexibility index (Phi) is 4.63. The molecule has 0 radical (unpaired) electrons. The van der Waals surface area contributed by atoms with Crippen LogP contribution < -0.4 is 10.3 Å². The van der Waals surface area contributed by atoms with Crippen molar-refractivity contribution in [1.82, 2.24) is 14.5 Å². The lowest BCUT2D eigenvalue weighted by Gasteiger charge is -2.38. The van der Waals surface area contributed by atoms with Crippen molar-refractivity contribution in [2.45, 2.75) is 62.4 Å². The van der Waals surface area contributed by atoms with E-state index in [2.05, 4.69) is 15.8 Å². The molecule has 4 heterocycles. The normalized spacial score (nSPS) is 27.5. The zero-order valence-corrected chi connectivity index (χ0v) is 18.6. The summed E-state index contributed by atoms with van der Waals surface area (Å²) in [7, 11) is 2.01. The Hall–Kier alpha value is -2.69. The number of ether oxygens (including phenoxy) is 1. The van der Waals surface area contributed by atoms with Gasteiger partial charge in [-0.15, -0.1) is 17.8 Å². The molecule has 2 aromatic heterocycles. The second-order valence-electron chi connectivity index (χ2n) is 9.15. The second kappa shape index (κ2) is 7.43. The van der Waals surface area contributed by atoms with Gasteiger partial charge in [0.1, 0.15) is 16.6 Å². The number of aromatic nitrogens is 2. The number of thiophene rings is 1. The number of terminal acetylenes is 1. The van der Waals surface area contributed by atoms with Crippen LogP contribution in [0.3, 0.4) is 0 Å². The van der Waals surface area contributed by atoms with Crippen LogP contribution in [-0.4, -0.2) is 45.9 Å². The zero-order chi connectivity index (χ0) is 22.0. The molecule has 5 nitrogen and oxygen atoms in total. The van der Waals surface area contributed by atoms with E-state index in [0.29, 0.717) is 40.0 Å². The predicted octanol–water partition coefficient (Wildman–Crippen LogP) is 4.26. The predicted molar refractivity (Wildman–Crippen MR) is 124 cm³/mol. The fraction of sp³-hybridized carbons (Fsp3) is 0.440. The van der Waals surface area contributed by atoms with E-state index in [4.69, 9.17) is 11.2 Å². The van der Waals surface area contributed by atoms with Crippen molar-refractivity contribution in [3.05, 3.63) is 51.4 Å². The molecule has 0 amide bonds. The van der Waals surface area contributed by atoms with Gasteiger partial charge in [-0.1, -0.05) is 0 Å². The Balaban J connectivity index is 1.30. The molecule has 6 rings (SSSR count). The van der Waals surface area contributed by atoms with Gasteiger partial charge >= 0.3 is 0 Å². The second-order valence-corrected chi connectivity index (χ2v) is 10.2. The summed E-state index contributed by atoms with van der Waals surface area (Å²) in [5.41, 5.74) is 1.16. The Bertz CT molecular complexity index is 1290. The van der Waals surface area contributed by atoms with Gasteiger partial charge in [0.15, 0.2) is 12.0 Å². The van der Waals surface area contributed by atoms with Crippen LogP contribution in [-0.2, 0) is 0 Å². The molecule has 1 aliphatic carbocycles. The monoisotopic (exact) mass is 449 g/mol. The third-order valence-corrected chi connectivity index (χ3v) is 8.45. The number of hydrogen-bond donors (Lipinski definition) is 0. The van der Waals surface area contributed by atoms with Gasteiger partial charge in [0.05, 0.1) is 11.2 Å². The smallest absolute Gasteiger partial charge is 0.276 e. The van der Waals surface area contributed by atoms with Gasteiger partial charge in [-0.25, -0.2) is 9.37 Å². The highest BCUT2D eigenvalue weighted by Crippen LogP contribution is 2.44. The van der Waals surface area contributed by atoms with E-state index in [1.54, 1.807) is 24.3 Å². The van der Waals surface area contributed by atoms with Gasteiger partial charge in [0.2, 0.25) is 0 Å². The summed E-state index contributed by atoms with van der Waals surface area (Å²) in [6, 6.07) is 9.47. The van der Waals surface area contributed by atoms with Gasteiger partial charge < -0.3 is 4.74 Å². The third kappa shape index (κ3) is 3.16. The van der Waals surface area contributed by atoms with E-state index in [1.165, 1.54) is 33.6 Å². The molecule has 4 atom stereocenters. The zero-order valence-electron chi connectivity index (χ0n) is 17.8. The van der Waals surface area contributed by atoms with Crippen LogP contribution in [0.15, 0.2) is 35.1 Å². The number of halogens is 1. The summed E-state index contributed by atoms with van der Waals surface area (Å²) in [6.45, 7) is 0. The van der Waals surface area contributed by atoms with Gasteiger partial charge in [-0.3, -0.25) is 14.3 Å². The standard InChI is InChI=1S/C25H24FN3O2S/c1-3-22-27-18-13-21(14-4-5-14)32-24(18)25(30)29(22)15-6-9-17(10-7-15)31-20-12-16-8-11-19(23(20)26)28(16)2/h1,6-7,9-10,13-14,16,19-20,23H,4-5,8,11-12H2,2H3. The minimum Gasteiger partial charge on any atom is -0.487 e. The lowest BCUT2D eigenvalue weighted by Crippen LogP contribution is -2.52. The molecule has 3 aliphatic rings. The van der Waals surface area contributed by atoms with E-state index >= 15 is 0 Å². The van der Waals surface area contributed by atoms with Crippen LogP contribution >= 0.6 is 11.3 Å². The number of rotatable bonds is 4.